The van der Waals surface area contributed by atoms with Gasteiger partial charge in [-0.25, -0.2) is 14.3 Å². The Morgan fingerprint density at radius 2 is 1.66 bits per heavy atom. The molecule has 2 amide bonds. The van der Waals surface area contributed by atoms with Gasteiger partial charge < -0.3 is 0 Å². The first-order chi connectivity index (χ1) is 18.3. The lowest BCUT2D eigenvalue weighted by Gasteiger charge is -2.32. The molecule has 0 saturated carbocycles. The zero-order valence-electron chi connectivity index (χ0n) is 20.9. The second-order valence-corrected chi connectivity index (χ2v) is 10.8. The molecule has 2 fully saturated rings. The summed E-state index contributed by atoms with van der Waals surface area (Å²) in [5.41, 5.74) is 0.891. The van der Waals surface area contributed by atoms with Crippen LogP contribution in [0.1, 0.15) is 31.7 Å². The molecule has 38 heavy (non-hydrogen) atoms. The molecule has 8 heteroatoms. The van der Waals surface area contributed by atoms with Crippen molar-refractivity contribution in [2.75, 3.05) is 4.90 Å². The molecule has 2 saturated heterocycles. The molecule has 1 aromatic heterocycles. The van der Waals surface area contributed by atoms with Crippen molar-refractivity contribution >= 4 is 28.4 Å². The summed E-state index contributed by atoms with van der Waals surface area (Å²) in [6.07, 6.45) is 0.652. The molecule has 7 rings (SSSR count). The minimum absolute atomic E-state index is 0.215. The van der Waals surface area contributed by atoms with Gasteiger partial charge >= 0.3 is 0 Å². The zero-order valence-corrected chi connectivity index (χ0v) is 20.9. The average Bonchev–Trinajstić information content (AvgIpc) is 3.48. The number of hydrogen-bond donors (Lipinski definition) is 1. The lowest BCUT2D eigenvalue weighted by atomic mass is 9.75. The first-order valence-electron chi connectivity index (χ1n) is 12.9. The fraction of sp³-hybridized carbons (Fsp3) is 0.267. The highest BCUT2D eigenvalue weighted by molar-refractivity contribution is 6.23. The third-order valence-electron chi connectivity index (χ3n) is 8.17. The van der Waals surface area contributed by atoms with Gasteiger partial charge in [0, 0.05) is 11.6 Å². The topological polar surface area (TPSA) is 84.3 Å². The van der Waals surface area contributed by atoms with E-state index in [0.717, 1.165) is 5.56 Å². The molecule has 1 N–H and O–H groups in total. The molecule has 3 aromatic carbocycles. The average molecular weight is 509 g/mol. The summed E-state index contributed by atoms with van der Waals surface area (Å²) in [5, 5.41) is 4.18. The molecule has 0 bridgehead atoms. The fourth-order valence-corrected chi connectivity index (χ4v) is 6.77. The van der Waals surface area contributed by atoms with Gasteiger partial charge in [0.1, 0.15) is 17.2 Å². The van der Waals surface area contributed by atoms with Crippen molar-refractivity contribution in [2.24, 2.45) is 17.8 Å². The third kappa shape index (κ3) is 2.86. The Morgan fingerprint density at radius 3 is 2.42 bits per heavy atom. The summed E-state index contributed by atoms with van der Waals surface area (Å²) >= 11 is 0. The van der Waals surface area contributed by atoms with Gasteiger partial charge in [-0.05, 0) is 54.8 Å². The van der Waals surface area contributed by atoms with E-state index in [-0.39, 0.29) is 29.3 Å². The molecular formula is C30H25FN4O3. The molecular weight excluding hydrogens is 483 g/mol. The number of hydrogen-bond acceptors (Lipinski definition) is 5. The van der Waals surface area contributed by atoms with Crippen LogP contribution in [0.3, 0.4) is 0 Å². The quantitative estimate of drug-likeness (QED) is 0.425. The second kappa shape index (κ2) is 7.91. The predicted molar refractivity (Wildman–Crippen MR) is 140 cm³/mol. The zero-order chi connectivity index (χ0) is 26.3. The summed E-state index contributed by atoms with van der Waals surface area (Å²) in [7, 11) is 0. The van der Waals surface area contributed by atoms with Crippen molar-refractivity contribution in [1.82, 2.24) is 14.9 Å². The van der Waals surface area contributed by atoms with E-state index < -0.39 is 23.2 Å². The highest BCUT2D eigenvalue weighted by Gasteiger charge is 2.69. The molecule has 0 radical (unpaired) electrons. The van der Waals surface area contributed by atoms with Gasteiger partial charge in [0.15, 0.2) is 0 Å². The molecule has 0 aliphatic carbocycles. The SMILES string of the molecule is CC(C)CC1NC2(c3ccccc3-n3c2nc2ccccc2c3=O)C2C(=O)N(c3ccc(F)cc3)C(=O)C12. The van der Waals surface area contributed by atoms with E-state index in [9.17, 15) is 18.8 Å². The standard InChI is InChI=1S/C30H25FN4O3/c1-16(2)15-22-24-25(28(38)34(27(24)37)18-13-11-17(31)12-14-18)30(33-22)20-8-4-6-10-23(20)35-26(36)19-7-3-5-9-21(19)32-29(30)35/h3-14,16,22,24-25,33H,15H2,1-2H3. The first-order valence-corrected chi connectivity index (χ1v) is 12.9. The lowest BCUT2D eigenvalue weighted by Crippen LogP contribution is -2.50. The number of aromatic nitrogens is 2. The van der Waals surface area contributed by atoms with E-state index in [1.54, 1.807) is 22.8 Å². The molecule has 4 atom stereocenters. The highest BCUT2D eigenvalue weighted by atomic mass is 19.1. The van der Waals surface area contributed by atoms with Crippen molar-refractivity contribution in [3.8, 4) is 5.69 Å². The maximum Gasteiger partial charge on any atom is 0.266 e. The van der Waals surface area contributed by atoms with Crippen LogP contribution in [0.5, 0.6) is 0 Å². The van der Waals surface area contributed by atoms with Crippen molar-refractivity contribution in [3.63, 3.8) is 0 Å². The Kier molecular flexibility index (Phi) is 4.79. The van der Waals surface area contributed by atoms with Crippen molar-refractivity contribution in [3.05, 3.63) is 100 Å². The summed E-state index contributed by atoms with van der Waals surface area (Å²) in [6, 6.07) is 19.7. The van der Waals surface area contributed by atoms with Crippen LogP contribution in [0.2, 0.25) is 0 Å². The van der Waals surface area contributed by atoms with Crippen LogP contribution in [0, 0.1) is 23.6 Å². The Bertz CT molecular complexity index is 1710. The smallest absolute Gasteiger partial charge is 0.266 e. The van der Waals surface area contributed by atoms with E-state index in [2.05, 4.69) is 19.2 Å². The fourth-order valence-electron chi connectivity index (χ4n) is 6.77. The van der Waals surface area contributed by atoms with Crippen molar-refractivity contribution in [1.29, 1.82) is 0 Å². The Hall–Kier alpha value is -4.17. The molecule has 4 aromatic rings. The van der Waals surface area contributed by atoms with E-state index in [4.69, 9.17) is 4.98 Å². The van der Waals surface area contributed by atoms with Gasteiger partial charge in [-0.15, -0.1) is 0 Å². The van der Waals surface area contributed by atoms with E-state index in [0.29, 0.717) is 34.5 Å². The molecule has 1 spiro atoms. The molecule has 7 nitrogen and oxygen atoms in total. The van der Waals surface area contributed by atoms with E-state index >= 15 is 0 Å². The maximum absolute atomic E-state index is 14.3. The number of imide groups is 1. The van der Waals surface area contributed by atoms with Gasteiger partial charge in [-0.3, -0.25) is 24.3 Å². The third-order valence-corrected chi connectivity index (χ3v) is 8.17. The van der Waals surface area contributed by atoms with Crippen LogP contribution in [0.15, 0.2) is 77.6 Å². The number of halogens is 1. The van der Waals surface area contributed by atoms with Crippen LogP contribution in [-0.2, 0) is 15.1 Å². The molecule has 3 aliphatic rings. The lowest BCUT2D eigenvalue weighted by molar-refractivity contribution is -0.123. The van der Waals surface area contributed by atoms with Crippen LogP contribution in [0.4, 0.5) is 10.1 Å². The number of carbonyl (C=O) groups excluding carboxylic acids is 2. The number of anilines is 1. The first kappa shape index (κ1) is 23.0. The van der Waals surface area contributed by atoms with E-state index in [1.807, 2.05) is 30.3 Å². The number of benzene rings is 3. The van der Waals surface area contributed by atoms with Crippen LogP contribution in [-0.4, -0.2) is 27.4 Å². The second-order valence-electron chi connectivity index (χ2n) is 10.8. The van der Waals surface area contributed by atoms with Crippen molar-refractivity contribution in [2.45, 2.75) is 31.8 Å². The van der Waals surface area contributed by atoms with Crippen LogP contribution >= 0.6 is 0 Å². The van der Waals surface area contributed by atoms with Gasteiger partial charge in [0.05, 0.1) is 34.1 Å². The van der Waals surface area contributed by atoms with Gasteiger partial charge in [0.25, 0.3) is 5.56 Å². The normalized spacial score (nSPS) is 25.5. The minimum Gasteiger partial charge on any atom is -0.297 e. The molecule has 190 valence electrons. The monoisotopic (exact) mass is 508 g/mol. The molecule has 4 unspecified atom stereocenters. The summed E-state index contributed by atoms with van der Waals surface area (Å²) in [4.78, 5) is 48.3. The maximum atomic E-state index is 14.3. The number of amides is 2. The Morgan fingerprint density at radius 1 is 0.947 bits per heavy atom. The van der Waals surface area contributed by atoms with Gasteiger partial charge in [0.2, 0.25) is 11.8 Å². The largest absolute Gasteiger partial charge is 0.297 e. The van der Waals surface area contributed by atoms with Crippen molar-refractivity contribution < 1.29 is 14.0 Å². The Labute approximate surface area is 217 Å². The van der Waals surface area contributed by atoms with Crippen LogP contribution < -0.4 is 15.8 Å². The summed E-state index contributed by atoms with van der Waals surface area (Å²) < 4.78 is 15.3. The minimum atomic E-state index is -1.18. The van der Waals surface area contributed by atoms with Gasteiger partial charge in [-0.2, -0.15) is 0 Å². The molecule has 3 aliphatic heterocycles. The number of carbonyl (C=O) groups is 2. The van der Waals surface area contributed by atoms with Gasteiger partial charge in [-0.1, -0.05) is 44.2 Å². The highest BCUT2D eigenvalue weighted by Crippen LogP contribution is 2.56. The van der Waals surface area contributed by atoms with E-state index in [1.165, 1.54) is 29.2 Å². The summed E-state index contributed by atoms with van der Waals surface area (Å²) in [5.74, 6) is -1.97. The number of nitrogens with zero attached hydrogens (tertiary/aromatic N) is 3. The number of para-hydroxylation sites is 2. The number of fused-ring (bicyclic) bond motifs is 8. The number of rotatable bonds is 3. The molecule has 4 heterocycles. The summed E-state index contributed by atoms with van der Waals surface area (Å²) in [6.45, 7) is 4.15. The predicted octanol–water partition coefficient (Wildman–Crippen LogP) is 3.91. The van der Waals surface area contributed by atoms with Crippen LogP contribution in [0.25, 0.3) is 16.6 Å². The number of nitrogens with one attached hydrogen (secondary N) is 1. The Balaban J connectivity index is 1.52.